The third kappa shape index (κ3) is 5.71. The van der Waals surface area contributed by atoms with E-state index in [-0.39, 0.29) is 12.4 Å². The average molecular weight is 458 g/mol. The Bertz CT molecular complexity index is 889. The molecule has 2 aromatic carbocycles. The molecule has 0 saturated carbocycles. The van der Waals surface area contributed by atoms with Crippen LogP contribution in [0.25, 0.3) is 10.1 Å². The molecule has 1 aliphatic heterocycles. The van der Waals surface area contributed by atoms with Gasteiger partial charge in [-0.1, -0.05) is 18.2 Å². The van der Waals surface area contributed by atoms with E-state index in [1.807, 2.05) is 24.3 Å². The number of benzene rings is 2. The van der Waals surface area contributed by atoms with E-state index >= 15 is 0 Å². The van der Waals surface area contributed by atoms with Crippen molar-refractivity contribution in [3.8, 4) is 5.75 Å². The SMILES string of the molecule is FC(F)(F)c1cccc(OCc2cc3cccc(Br)c3s2)c1.[B]1CCOO1. The first-order valence-corrected chi connectivity index (χ1v) is 9.61. The molecule has 0 spiro atoms. The molecule has 1 saturated heterocycles. The molecular formula is C18H14BBrF3O3S. The van der Waals surface area contributed by atoms with Crippen LogP contribution in [0.1, 0.15) is 10.4 Å². The van der Waals surface area contributed by atoms with Crippen LogP contribution in [0.15, 0.2) is 53.0 Å². The first kappa shape index (κ1) is 20.2. The van der Waals surface area contributed by atoms with Crippen molar-refractivity contribution in [3.05, 3.63) is 63.4 Å². The maximum atomic E-state index is 12.7. The van der Waals surface area contributed by atoms with Gasteiger partial charge in [0.05, 0.1) is 12.2 Å². The normalized spacial score (nSPS) is 13.8. The number of hydrogen-bond donors (Lipinski definition) is 0. The average Bonchev–Trinajstić information content (AvgIpc) is 3.33. The number of hydrogen-bond acceptors (Lipinski definition) is 4. The van der Waals surface area contributed by atoms with E-state index in [9.17, 15) is 13.2 Å². The summed E-state index contributed by atoms with van der Waals surface area (Å²) in [6.07, 6.45) is -3.43. The lowest BCUT2D eigenvalue weighted by molar-refractivity contribution is -0.181. The van der Waals surface area contributed by atoms with Gasteiger partial charge >= 0.3 is 13.7 Å². The van der Waals surface area contributed by atoms with Crippen LogP contribution in [-0.2, 0) is 22.5 Å². The predicted octanol–water partition coefficient (Wildman–Crippen LogP) is 6.25. The molecule has 1 aromatic heterocycles. The van der Waals surface area contributed by atoms with Gasteiger partial charge in [0.2, 0.25) is 0 Å². The van der Waals surface area contributed by atoms with Gasteiger partial charge in [0.15, 0.2) is 0 Å². The maximum absolute atomic E-state index is 12.7. The second kappa shape index (κ2) is 9.10. The van der Waals surface area contributed by atoms with Crippen LogP contribution in [0.5, 0.6) is 5.75 Å². The Hall–Kier alpha value is -1.55. The summed E-state index contributed by atoms with van der Waals surface area (Å²) in [6.45, 7) is 0.965. The molecule has 27 heavy (non-hydrogen) atoms. The Balaban J connectivity index is 0.000000364. The smallest absolute Gasteiger partial charge is 0.416 e. The van der Waals surface area contributed by atoms with Gasteiger partial charge in [-0.2, -0.15) is 13.2 Å². The van der Waals surface area contributed by atoms with Crippen molar-refractivity contribution < 1.29 is 27.6 Å². The van der Waals surface area contributed by atoms with Crippen LogP contribution in [0.3, 0.4) is 0 Å². The van der Waals surface area contributed by atoms with Crippen LogP contribution >= 0.6 is 27.3 Å². The molecule has 0 bridgehead atoms. The fraction of sp³-hybridized carbons (Fsp3) is 0.222. The minimum Gasteiger partial charge on any atom is -0.488 e. The summed E-state index contributed by atoms with van der Waals surface area (Å²) in [5.74, 6) is 0.214. The van der Waals surface area contributed by atoms with E-state index in [1.165, 1.54) is 12.1 Å². The molecule has 1 radical (unpaired) electrons. The van der Waals surface area contributed by atoms with Gasteiger partial charge in [-0.3, -0.25) is 4.89 Å². The predicted molar refractivity (Wildman–Crippen MR) is 103 cm³/mol. The van der Waals surface area contributed by atoms with Crippen molar-refractivity contribution >= 4 is 44.8 Å². The Morgan fingerprint density at radius 3 is 2.59 bits per heavy atom. The molecule has 0 unspecified atom stereocenters. The molecule has 1 fully saturated rings. The largest absolute Gasteiger partial charge is 0.488 e. The zero-order chi connectivity index (χ0) is 19.3. The van der Waals surface area contributed by atoms with E-state index in [0.717, 1.165) is 44.5 Å². The van der Waals surface area contributed by atoms with Crippen LogP contribution < -0.4 is 4.74 Å². The minimum absolute atomic E-state index is 0.214. The summed E-state index contributed by atoms with van der Waals surface area (Å²) in [6, 6.07) is 12.8. The van der Waals surface area contributed by atoms with E-state index in [2.05, 4.69) is 25.6 Å². The Labute approximate surface area is 167 Å². The minimum atomic E-state index is -4.36. The highest BCUT2D eigenvalue weighted by Gasteiger charge is 2.30. The van der Waals surface area contributed by atoms with Crippen LogP contribution in [-0.4, -0.2) is 14.1 Å². The van der Waals surface area contributed by atoms with Crippen molar-refractivity contribution in [2.24, 2.45) is 0 Å². The topological polar surface area (TPSA) is 27.7 Å². The lowest BCUT2D eigenvalue weighted by Gasteiger charge is -2.09. The molecule has 1 aliphatic rings. The fourth-order valence-electron chi connectivity index (χ4n) is 2.31. The summed E-state index contributed by atoms with van der Waals surface area (Å²) in [5.41, 5.74) is -0.705. The highest BCUT2D eigenvalue weighted by molar-refractivity contribution is 9.10. The quantitative estimate of drug-likeness (QED) is 0.343. The molecule has 141 valence electrons. The molecule has 9 heteroatoms. The van der Waals surface area contributed by atoms with Crippen LogP contribution in [0.4, 0.5) is 13.2 Å². The third-order valence-corrected chi connectivity index (χ3v) is 5.63. The zero-order valence-corrected chi connectivity index (χ0v) is 16.4. The fourth-order valence-corrected chi connectivity index (χ4v) is 3.91. The number of rotatable bonds is 3. The first-order valence-electron chi connectivity index (χ1n) is 8.00. The van der Waals surface area contributed by atoms with E-state index in [4.69, 9.17) is 4.74 Å². The Morgan fingerprint density at radius 1 is 1.15 bits per heavy atom. The lowest BCUT2D eigenvalue weighted by Crippen LogP contribution is -2.05. The van der Waals surface area contributed by atoms with Crippen molar-refractivity contribution in [1.29, 1.82) is 0 Å². The van der Waals surface area contributed by atoms with Gasteiger partial charge < -0.3 is 9.54 Å². The van der Waals surface area contributed by atoms with Crippen molar-refractivity contribution in [2.75, 3.05) is 6.61 Å². The third-order valence-electron chi connectivity index (χ3n) is 3.54. The summed E-state index contributed by atoms with van der Waals surface area (Å²) in [4.78, 5) is 9.67. The van der Waals surface area contributed by atoms with Crippen molar-refractivity contribution in [1.82, 2.24) is 0 Å². The number of alkyl halides is 3. The zero-order valence-electron chi connectivity index (χ0n) is 14.0. The lowest BCUT2D eigenvalue weighted by atomic mass is 9.99. The van der Waals surface area contributed by atoms with Gasteiger partial charge in [-0.05, 0) is 58.0 Å². The molecule has 0 aliphatic carbocycles. The summed E-state index contributed by atoms with van der Waals surface area (Å²) in [7, 11) is 1.64. The van der Waals surface area contributed by atoms with Crippen molar-refractivity contribution in [2.45, 2.75) is 19.1 Å². The van der Waals surface area contributed by atoms with Gasteiger partial charge in [-0.15, -0.1) is 11.3 Å². The highest BCUT2D eigenvalue weighted by Crippen LogP contribution is 2.34. The Kier molecular flexibility index (Phi) is 6.81. The highest BCUT2D eigenvalue weighted by atomic mass is 79.9. The monoisotopic (exact) mass is 457 g/mol. The summed E-state index contributed by atoms with van der Waals surface area (Å²) >= 11 is 5.04. The van der Waals surface area contributed by atoms with Gasteiger partial charge in [-0.25, -0.2) is 0 Å². The standard InChI is InChI=1S/C16H10BrF3OS.C2H4BO2/c17-14-6-1-3-10-7-13(22-15(10)14)9-21-12-5-2-4-11(8-12)16(18,19)20;1-2-4-5-3-1/h1-8H,9H2;1-2H2. The molecule has 4 rings (SSSR count). The molecular weight excluding hydrogens is 444 g/mol. The summed E-state index contributed by atoms with van der Waals surface area (Å²) in [5, 5.41) is 1.09. The number of thiophene rings is 1. The molecule has 0 atom stereocenters. The number of halogens is 4. The number of ether oxygens (including phenoxy) is 1. The van der Waals surface area contributed by atoms with E-state index in [1.54, 1.807) is 18.8 Å². The molecule has 0 amide bonds. The maximum Gasteiger partial charge on any atom is 0.416 e. The van der Waals surface area contributed by atoms with Crippen LogP contribution in [0.2, 0.25) is 6.32 Å². The number of fused-ring (bicyclic) bond motifs is 1. The molecule has 3 aromatic rings. The van der Waals surface area contributed by atoms with E-state index < -0.39 is 11.7 Å². The van der Waals surface area contributed by atoms with Gasteiger partial charge in [0.25, 0.3) is 0 Å². The molecule has 3 nitrogen and oxygen atoms in total. The Morgan fingerprint density at radius 2 is 1.96 bits per heavy atom. The first-order chi connectivity index (χ1) is 12.9. The van der Waals surface area contributed by atoms with Crippen molar-refractivity contribution in [3.63, 3.8) is 0 Å². The van der Waals surface area contributed by atoms with Gasteiger partial charge in [0, 0.05) is 14.0 Å². The van der Waals surface area contributed by atoms with E-state index in [0.29, 0.717) is 0 Å². The summed E-state index contributed by atoms with van der Waals surface area (Å²) < 4.78 is 45.6. The second-order valence-electron chi connectivity index (χ2n) is 5.56. The second-order valence-corrected chi connectivity index (χ2v) is 7.55. The molecule has 2 heterocycles. The van der Waals surface area contributed by atoms with Gasteiger partial charge in [0.1, 0.15) is 12.4 Å². The van der Waals surface area contributed by atoms with Crippen LogP contribution in [0, 0.1) is 0 Å². The molecule has 0 N–H and O–H groups in total.